The van der Waals surface area contributed by atoms with Crippen molar-refractivity contribution in [2.45, 2.75) is 19.6 Å². The standard InChI is InChI=1S/C29H21F3N6O/c1-18-6-8-19(9-7-18)17-37-13-12-26(36-37)34-28(39)24-16-27-33-23(15-25(29(30,31)32)38(27)35-24)22-11-10-20-4-2-3-5-21(20)14-22/h2-16H,17H2,1H3,(H,34,36,39). The fraction of sp³-hybridized carbons (Fsp3) is 0.103. The Labute approximate surface area is 220 Å². The van der Waals surface area contributed by atoms with Gasteiger partial charge < -0.3 is 5.32 Å². The molecule has 0 atom stereocenters. The summed E-state index contributed by atoms with van der Waals surface area (Å²) in [6.45, 7) is 2.50. The molecule has 194 valence electrons. The van der Waals surface area contributed by atoms with Gasteiger partial charge in [-0.05, 0) is 35.4 Å². The van der Waals surface area contributed by atoms with Gasteiger partial charge >= 0.3 is 6.18 Å². The fourth-order valence-electron chi connectivity index (χ4n) is 4.36. The number of aryl methyl sites for hydroxylation is 1. The summed E-state index contributed by atoms with van der Waals surface area (Å²) < 4.78 is 44.4. The number of hydrogen-bond donors (Lipinski definition) is 1. The van der Waals surface area contributed by atoms with Crippen LogP contribution in [0, 0.1) is 6.92 Å². The minimum atomic E-state index is -4.72. The lowest BCUT2D eigenvalue weighted by atomic mass is 10.0. The predicted octanol–water partition coefficient (Wildman–Crippen LogP) is 6.37. The van der Waals surface area contributed by atoms with E-state index in [0.717, 1.165) is 28.0 Å². The van der Waals surface area contributed by atoms with Crippen LogP contribution < -0.4 is 5.32 Å². The molecule has 0 saturated heterocycles. The zero-order chi connectivity index (χ0) is 27.1. The number of anilines is 1. The summed E-state index contributed by atoms with van der Waals surface area (Å²) in [7, 11) is 0. The number of hydrogen-bond acceptors (Lipinski definition) is 4. The normalized spacial score (nSPS) is 11.8. The first-order valence-corrected chi connectivity index (χ1v) is 12.1. The zero-order valence-electron chi connectivity index (χ0n) is 20.6. The van der Waals surface area contributed by atoms with E-state index in [1.54, 1.807) is 29.1 Å². The summed E-state index contributed by atoms with van der Waals surface area (Å²) in [6.07, 6.45) is -3.01. The van der Waals surface area contributed by atoms with Gasteiger partial charge in [-0.2, -0.15) is 23.4 Å². The van der Waals surface area contributed by atoms with Gasteiger partial charge in [0.1, 0.15) is 0 Å². The van der Waals surface area contributed by atoms with Gasteiger partial charge in [0.25, 0.3) is 5.91 Å². The lowest BCUT2D eigenvalue weighted by Crippen LogP contribution is -2.16. The number of alkyl halides is 3. The van der Waals surface area contributed by atoms with Crippen LogP contribution in [0.25, 0.3) is 27.7 Å². The number of nitrogens with one attached hydrogen (secondary N) is 1. The predicted molar refractivity (Wildman–Crippen MR) is 141 cm³/mol. The van der Waals surface area contributed by atoms with Gasteiger partial charge in [0.15, 0.2) is 22.9 Å². The molecule has 0 aliphatic rings. The van der Waals surface area contributed by atoms with Crippen molar-refractivity contribution in [1.29, 1.82) is 0 Å². The van der Waals surface area contributed by atoms with Crippen molar-refractivity contribution >= 4 is 28.1 Å². The first-order chi connectivity index (χ1) is 18.7. The lowest BCUT2D eigenvalue weighted by molar-refractivity contribution is -0.142. The first kappa shape index (κ1) is 24.4. The van der Waals surface area contributed by atoms with Crippen LogP contribution in [0.5, 0.6) is 0 Å². The van der Waals surface area contributed by atoms with Crippen molar-refractivity contribution in [3.05, 3.63) is 114 Å². The van der Waals surface area contributed by atoms with Crippen molar-refractivity contribution in [3.63, 3.8) is 0 Å². The van der Waals surface area contributed by atoms with Crippen molar-refractivity contribution < 1.29 is 18.0 Å². The second kappa shape index (κ2) is 9.39. The Bertz CT molecular complexity index is 1840. The van der Waals surface area contributed by atoms with Crippen LogP contribution in [0.4, 0.5) is 19.0 Å². The Morgan fingerprint density at radius 1 is 0.897 bits per heavy atom. The van der Waals surface area contributed by atoms with E-state index < -0.39 is 17.8 Å². The molecule has 3 heterocycles. The maximum atomic E-state index is 14.0. The molecule has 7 nitrogen and oxygen atoms in total. The van der Waals surface area contributed by atoms with E-state index in [4.69, 9.17) is 0 Å². The first-order valence-electron chi connectivity index (χ1n) is 12.1. The molecule has 3 aromatic carbocycles. The SMILES string of the molecule is Cc1ccc(Cn2ccc(NC(=O)c3cc4nc(-c5ccc6ccccc6c5)cc(C(F)(F)F)n4n3)n2)cc1. The maximum Gasteiger partial charge on any atom is 0.433 e. The molecule has 0 fully saturated rings. The Kier molecular flexibility index (Phi) is 5.86. The minimum absolute atomic E-state index is 0.0944. The van der Waals surface area contributed by atoms with Gasteiger partial charge in [-0.15, -0.1) is 0 Å². The molecule has 1 N–H and O–H groups in total. The third-order valence-electron chi connectivity index (χ3n) is 6.34. The summed E-state index contributed by atoms with van der Waals surface area (Å²) in [4.78, 5) is 17.3. The highest BCUT2D eigenvalue weighted by molar-refractivity contribution is 6.03. The average Bonchev–Trinajstić information content (AvgIpc) is 3.55. The van der Waals surface area contributed by atoms with Crippen molar-refractivity contribution in [2.24, 2.45) is 0 Å². The van der Waals surface area contributed by atoms with Crippen LogP contribution in [-0.4, -0.2) is 30.3 Å². The number of rotatable bonds is 5. The molecule has 0 bridgehead atoms. The van der Waals surface area contributed by atoms with Crippen LogP contribution in [0.2, 0.25) is 0 Å². The number of amides is 1. The molecule has 0 saturated carbocycles. The highest BCUT2D eigenvalue weighted by atomic mass is 19.4. The summed E-state index contributed by atoms with van der Waals surface area (Å²) in [5.74, 6) is -0.438. The van der Waals surface area contributed by atoms with Gasteiger partial charge in [0.2, 0.25) is 0 Å². The summed E-state index contributed by atoms with van der Waals surface area (Å²) in [5, 5.41) is 12.7. The van der Waals surface area contributed by atoms with Crippen LogP contribution >= 0.6 is 0 Å². The van der Waals surface area contributed by atoms with Crippen molar-refractivity contribution in [2.75, 3.05) is 5.32 Å². The molecule has 0 aliphatic carbocycles. The van der Waals surface area contributed by atoms with Crippen molar-refractivity contribution in [1.82, 2.24) is 24.4 Å². The second-order valence-electron chi connectivity index (χ2n) is 9.22. The third-order valence-corrected chi connectivity index (χ3v) is 6.34. The number of benzene rings is 3. The van der Waals surface area contributed by atoms with E-state index in [1.165, 1.54) is 6.07 Å². The molecular weight excluding hydrogens is 505 g/mol. The van der Waals surface area contributed by atoms with E-state index in [0.29, 0.717) is 16.6 Å². The van der Waals surface area contributed by atoms with E-state index >= 15 is 0 Å². The van der Waals surface area contributed by atoms with Crippen LogP contribution in [-0.2, 0) is 12.7 Å². The molecule has 0 unspecified atom stereocenters. The highest BCUT2D eigenvalue weighted by Gasteiger charge is 2.35. The molecule has 0 radical (unpaired) electrons. The third kappa shape index (κ3) is 4.96. The molecule has 10 heteroatoms. The molecule has 39 heavy (non-hydrogen) atoms. The van der Waals surface area contributed by atoms with Gasteiger partial charge in [-0.3, -0.25) is 9.48 Å². The van der Waals surface area contributed by atoms with E-state index in [1.807, 2.05) is 61.5 Å². The van der Waals surface area contributed by atoms with Crippen molar-refractivity contribution in [3.8, 4) is 11.3 Å². The Balaban J connectivity index is 1.30. The number of aromatic nitrogens is 5. The minimum Gasteiger partial charge on any atom is -0.304 e. The quantitative estimate of drug-likeness (QED) is 0.283. The highest BCUT2D eigenvalue weighted by Crippen LogP contribution is 2.33. The second-order valence-corrected chi connectivity index (χ2v) is 9.22. The molecular formula is C29H21F3N6O. The molecule has 6 rings (SSSR count). The maximum absolute atomic E-state index is 14.0. The summed E-state index contributed by atoms with van der Waals surface area (Å²) >= 11 is 0. The Morgan fingerprint density at radius 2 is 1.67 bits per heavy atom. The molecule has 0 aliphatic heterocycles. The summed E-state index contributed by atoms with van der Waals surface area (Å²) in [5.41, 5.74) is 1.49. The van der Waals surface area contributed by atoms with Gasteiger partial charge in [-0.1, -0.05) is 66.2 Å². The van der Waals surface area contributed by atoms with Gasteiger partial charge in [0, 0.05) is 23.9 Å². The van der Waals surface area contributed by atoms with Gasteiger partial charge in [0.05, 0.1) is 12.2 Å². The van der Waals surface area contributed by atoms with Crippen LogP contribution in [0.15, 0.2) is 91.1 Å². The summed E-state index contributed by atoms with van der Waals surface area (Å²) in [6, 6.07) is 24.6. The molecule has 6 aromatic rings. The molecule has 0 spiro atoms. The van der Waals surface area contributed by atoms with E-state index in [2.05, 4.69) is 20.5 Å². The number of halogens is 3. The van der Waals surface area contributed by atoms with Crippen LogP contribution in [0.1, 0.15) is 27.3 Å². The molecule has 1 amide bonds. The number of carbonyl (C=O) groups is 1. The fourth-order valence-corrected chi connectivity index (χ4v) is 4.36. The monoisotopic (exact) mass is 526 g/mol. The Morgan fingerprint density at radius 3 is 2.44 bits per heavy atom. The average molecular weight is 527 g/mol. The Hall–Kier alpha value is -4.99. The topological polar surface area (TPSA) is 77.1 Å². The zero-order valence-corrected chi connectivity index (χ0v) is 20.6. The number of fused-ring (bicyclic) bond motifs is 2. The largest absolute Gasteiger partial charge is 0.433 e. The molecule has 3 aromatic heterocycles. The smallest absolute Gasteiger partial charge is 0.304 e. The number of nitrogens with zero attached hydrogens (tertiary/aromatic N) is 5. The van der Waals surface area contributed by atoms with Gasteiger partial charge in [-0.25, -0.2) is 9.50 Å². The van der Waals surface area contributed by atoms with E-state index in [9.17, 15) is 18.0 Å². The number of carbonyl (C=O) groups excluding carboxylic acids is 1. The van der Waals surface area contributed by atoms with Crippen LogP contribution in [0.3, 0.4) is 0 Å². The van der Waals surface area contributed by atoms with E-state index in [-0.39, 0.29) is 22.9 Å². The lowest BCUT2D eigenvalue weighted by Gasteiger charge is -2.11.